The monoisotopic (exact) mass is 296 g/mol. The number of imidazole rings is 1. The van der Waals surface area contributed by atoms with E-state index < -0.39 is 0 Å². The first-order valence-electron chi connectivity index (χ1n) is 5.64. The molecule has 0 aromatic carbocycles. The van der Waals surface area contributed by atoms with Crippen molar-refractivity contribution in [3.63, 3.8) is 0 Å². The minimum Gasteiger partial charge on any atom is -0.330 e. The molecule has 9 heteroatoms. The number of nitrogens with two attached hydrogens (primary N) is 1. The normalized spacial score (nSPS) is 11.5. The molecule has 3 aromatic heterocycles. The lowest BCUT2D eigenvalue weighted by Gasteiger charge is -2.01. The molecule has 3 aromatic rings. The number of aromatic nitrogens is 5. The lowest BCUT2D eigenvalue weighted by atomic mass is 10.3. The van der Waals surface area contributed by atoms with Gasteiger partial charge in [0.15, 0.2) is 10.1 Å². The molecule has 7 nitrogen and oxygen atoms in total. The third-order valence-corrected chi connectivity index (χ3v) is 4.56. The van der Waals surface area contributed by atoms with Crippen LogP contribution in [-0.4, -0.2) is 30.7 Å². The van der Waals surface area contributed by atoms with Gasteiger partial charge in [-0.3, -0.25) is 8.97 Å². The highest BCUT2D eigenvalue weighted by Gasteiger charge is 2.16. The van der Waals surface area contributed by atoms with E-state index >= 15 is 0 Å². The van der Waals surface area contributed by atoms with Crippen LogP contribution in [0.5, 0.6) is 0 Å². The summed E-state index contributed by atoms with van der Waals surface area (Å²) in [5.41, 5.74) is 6.47. The van der Waals surface area contributed by atoms with Crippen molar-refractivity contribution in [2.75, 3.05) is 6.54 Å². The molecule has 19 heavy (non-hydrogen) atoms. The van der Waals surface area contributed by atoms with Crippen LogP contribution in [0.1, 0.15) is 5.69 Å². The number of fused-ring (bicyclic) bond motifs is 1. The molecule has 3 rings (SSSR count). The summed E-state index contributed by atoms with van der Waals surface area (Å²) < 4.78 is 3.49. The second kappa shape index (κ2) is 4.83. The van der Waals surface area contributed by atoms with Gasteiger partial charge in [0.25, 0.3) is 0 Å². The lowest BCUT2D eigenvalue weighted by Crippen LogP contribution is -2.13. The van der Waals surface area contributed by atoms with Crippen LogP contribution in [0.25, 0.3) is 4.96 Å². The van der Waals surface area contributed by atoms with Gasteiger partial charge in [0, 0.05) is 25.0 Å². The van der Waals surface area contributed by atoms with Crippen LogP contribution in [0.2, 0.25) is 0 Å². The largest absolute Gasteiger partial charge is 0.343 e. The Morgan fingerprint density at radius 1 is 1.58 bits per heavy atom. The molecule has 0 atom stereocenters. The van der Waals surface area contributed by atoms with Crippen molar-refractivity contribution < 1.29 is 0 Å². The maximum Gasteiger partial charge on any atom is 0.343 e. The zero-order chi connectivity index (χ0) is 13.4. The third-order valence-electron chi connectivity index (χ3n) is 2.73. The van der Waals surface area contributed by atoms with Crippen molar-refractivity contribution in [3.05, 3.63) is 27.8 Å². The first-order valence-corrected chi connectivity index (χ1v) is 7.34. The van der Waals surface area contributed by atoms with Gasteiger partial charge in [-0.15, -0.1) is 16.4 Å². The quantitative estimate of drug-likeness (QED) is 0.730. The fourth-order valence-electron chi connectivity index (χ4n) is 1.77. The van der Waals surface area contributed by atoms with Crippen LogP contribution < -0.4 is 11.4 Å². The zero-order valence-corrected chi connectivity index (χ0v) is 11.8. The van der Waals surface area contributed by atoms with Crippen molar-refractivity contribution in [3.8, 4) is 0 Å². The second-order valence-electron chi connectivity index (χ2n) is 3.93. The molecular weight excluding hydrogens is 284 g/mol. The van der Waals surface area contributed by atoms with E-state index in [0.29, 0.717) is 11.7 Å². The Morgan fingerprint density at radius 3 is 3.11 bits per heavy atom. The molecule has 0 amide bonds. The molecule has 0 aliphatic rings. The maximum absolute atomic E-state index is 11.4. The molecule has 0 radical (unpaired) electrons. The van der Waals surface area contributed by atoms with Gasteiger partial charge in [-0.2, -0.15) is 0 Å². The number of hydrogen-bond donors (Lipinski definition) is 2. The Balaban J connectivity index is 2.04. The van der Waals surface area contributed by atoms with Crippen LogP contribution in [0, 0.1) is 0 Å². The topological polar surface area (TPSA) is 94.0 Å². The van der Waals surface area contributed by atoms with Gasteiger partial charge in [-0.05, 0) is 18.3 Å². The Bertz CT molecular complexity index is 767. The first kappa shape index (κ1) is 12.5. The SMILES string of the molecule is Cn1c(Sc2nc3sccn3c2CCN)n[nH]c1=O. The summed E-state index contributed by atoms with van der Waals surface area (Å²) in [6.07, 6.45) is 2.71. The highest BCUT2D eigenvalue weighted by atomic mass is 32.2. The number of rotatable bonds is 4. The molecule has 100 valence electrons. The fourth-order valence-corrected chi connectivity index (χ4v) is 3.49. The summed E-state index contributed by atoms with van der Waals surface area (Å²) in [5.74, 6) is 0. The molecule has 3 heterocycles. The highest BCUT2D eigenvalue weighted by Crippen LogP contribution is 2.30. The van der Waals surface area contributed by atoms with Gasteiger partial charge in [0.1, 0.15) is 5.03 Å². The molecule has 0 bridgehead atoms. The van der Waals surface area contributed by atoms with E-state index in [4.69, 9.17) is 5.73 Å². The predicted octanol–water partition coefficient (Wildman–Crippen LogP) is 0.470. The third kappa shape index (κ3) is 2.09. The van der Waals surface area contributed by atoms with Gasteiger partial charge >= 0.3 is 5.69 Å². The lowest BCUT2D eigenvalue weighted by molar-refractivity contribution is 0.763. The van der Waals surface area contributed by atoms with E-state index in [1.165, 1.54) is 16.3 Å². The van der Waals surface area contributed by atoms with E-state index in [1.807, 2.05) is 16.0 Å². The minimum absolute atomic E-state index is 0.233. The Labute approximate surface area is 116 Å². The van der Waals surface area contributed by atoms with Gasteiger partial charge < -0.3 is 5.73 Å². The van der Waals surface area contributed by atoms with Crippen LogP contribution in [0.15, 0.2) is 26.6 Å². The van der Waals surface area contributed by atoms with Gasteiger partial charge in [-0.25, -0.2) is 14.9 Å². The summed E-state index contributed by atoms with van der Waals surface area (Å²) in [5, 5.41) is 9.82. The molecule has 0 unspecified atom stereocenters. The number of nitrogens with one attached hydrogen (secondary N) is 1. The van der Waals surface area contributed by atoms with Crippen molar-refractivity contribution in [2.45, 2.75) is 16.6 Å². The summed E-state index contributed by atoms with van der Waals surface area (Å²) >= 11 is 2.94. The van der Waals surface area contributed by atoms with Crippen molar-refractivity contribution in [1.82, 2.24) is 24.1 Å². The molecular formula is C10H12N6OS2. The summed E-state index contributed by atoms with van der Waals surface area (Å²) in [4.78, 5) is 16.8. The number of hydrogen-bond acceptors (Lipinski definition) is 6. The number of nitrogens with zero attached hydrogens (tertiary/aromatic N) is 4. The van der Waals surface area contributed by atoms with Crippen LogP contribution in [0.4, 0.5) is 0 Å². The fraction of sp³-hybridized carbons (Fsp3) is 0.300. The van der Waals surface area contributed by atoms with Crippen molar-refractivity contribution in [1.29, 1.82) is 0 Å². The van der Waals surface area contributed by atoms with Crippen LogP contribution in [-0.2, 0) is 13.5 Å². The summed E-state index contributed by atoms with van der Waals surface area (Å²) in [6.45, 7) is 0.552. The Hall–Kier alpha value is -1.58. The predicted molar refractivity (Wildman–Crippen MR) is 73.8 cm³/mol. The average Bonchev–Trinajstić information content (AvgIpc) is 3.04. The Kier molecular flexibility index (Phi) is 3.17. The van der Waals surface area contributed by atoms with Crippen molar-refractivity contribution in [2.24, 2.45) is 12.8 Å². The smallest absolute Gasteiger partial charge is 0.330 e. The first-order chi connectivity index (χ1) is 9.20. The highest BCUT2D eigenvalue weighted by molar-refractivity contribution is 7.99. The standard InChI is InChI=1S/C10H12N6OS2/c1-15-8(17)13-14-10(15)19-7-6(2-3-11)16-4-5-18-9(16)12-7/h4-5H,2-3,11H2,1H3,(H,13,17). The van der Waals surface area contributed by atoms with Crippen molar-refractivity contribution >= 4 is 28.1 Å². The molecule has 0 spiro atoms. The number of thiazole rings is 1. The second-order valence-corrected chi connectivity index (χ2v) is 5.76. The maximum atomic E-state index is 11.4. The minimum atomic E-state index is -0.233. The van der Waals surface area contributed by atoms with Crippen LogP contribution >= 0.6 is 23.1 Å². The summed E-state index contributed by atoms with van der Waals surface area (Å²) in [6, 6.07) is 0. The molecule has 0 aliphatic carbocycles. The van der Waals surface area contributed by atoms with E-state index in [2.05, 4.69) is 15.2 Å². The Morgan fingerprint density at radius 2 is 2.42 bits per heavy atom. The average molecular weight is 296 g/mol. The molecule has 0 fully saturated rings. The zero-order valence-electron chi connectivity index (χ0n) is 10.2. The molecule has 0 saturated heterocycles. The molecule has 0 saturated carbocycles. The van der Waals surface area contributed by atoms with E-state index in [0.717, 1.165) is 22.1 Å². The molecule has 3 N–H and O–H groups in total. The van der Waals surface area contributed by atoms with E-state index in [-0.39, 0.29) is 5.69 Å². The molecule has 0 aliphatic heterocycles. The number of aromatic amines is 1. The summed E-state index contributed by atoms with van der Waals surface area (Å²) in [7, 11) is 1.68. The number of H-pyrrole nitrogens is 1. The van der Waals surface area contributed by atoms with Gasteiger partial charge in [0.05, 0.1) is 5.69 Å². The van der Waals surface area contributed by atoms with Gasteiger partial charge in [-0.1, -0.05) is 0 Å². The van der Waals surface area contributed by atoms with E-state index in [9.17, 15) is 4.79 Å². The van der Waals surface area contributed by atoms with E-state index in [1.54, 1.807) is 18.4 Å². The van der Waals surface area contributed by atoms with Crippen LogP contribution in [0.3, 0.4) is 0 Å². The van der Waals surface area contributed by atoms with Gasteiger partial charge in [0.2, 0.25) is 0 Å².